The number of hydrogen-bond acceptors (Lipinski definition) is 4. The number of benzene rings is 1. The Bertz CT molecular complexity index is 534. The molecule has 0 spiro atoms. The van der Waals surface area contributed by atoms with E-state index in [0.29, 0.717) is 29.6 Å². The monoisotopic (exact) mass is 379 g/mol. The van der Waals surface area contributed by atoms with E-state index < -0.39 is 10.0 Å². The Morgan fingerprint density at radius 2 is 2.00 bits per heavy atom. The van der Waals surface area contributed by atoms with Gasteiger partial charge in [0.25, 0.3) is 0 Å². The Kier molecular flexibility index (Phi) is 8.43. The topological polar surface area (TPSA) is 75.6 Å². The maximum absolute atomic E-state index is 12.1. The Labute approximate surface area is 134 Å². The molecule has 0 aliphatic carbocycles. The molecule has 0 atom stereocenters. The van der Waals surface area contributed by atoms with Gasteiger partial charge in [0.2, 0.25) is 10.0 Å². The van der Waals surface area contributed by atoms with Gasteiger partial charge < -0.3 is 9.84 Å². The molecule has 0 aliphatic heterocycles. The minimum absolute atomic E-state index is 0.124. The lowest BCUT2D eigenvalue weighted by Crippen LogP contribution is -2.26. The minimum Gasteiger partial charge on any atom is -0.392 e. The number of rotatable bonds is 10. The van der Waals surface area contributed by atoms with Crippen LogP contribution >= 0.6 is 15.9 Å². The standard InChI is InChI=1S/C14H22BrNO4S/c1-2-3-8-20-9-4-7-16-21(18,19)14-6-5-12(11-17)10-13(14)15/h5-6,10,16-17H,2-4,7-9,11H2,1H3. The second kappa shape index (κ2) is 9.53. The first-order valence-corrected chi connectivity index (χ1v) is 9.25. The van der Waals surface area contributed by atoms with E-state index in [4.69, 9.17) is 9.84 Å². The summed E-state index contributed by atoms with van der Waals surface area (Å²) >= 11 is 3.22. The summed E-state index contributed by atoms with van der Waals surface area (Å²) in [6.45, 7) is 3.58. The molecule has 0 aliphatic rings. The lowest BCUT2D eigenvalue weighted by molar-refractivity contribution is 0.130. The molecule has 0 heterocycles. The maximum Gasteiger partial charge on any atom is 0.241 e. The zero-order valence-electron chi connectivity index (χ0n) is 12.1. The molecular formula is C14H22BrNO4S. The van der Waals surface area contributed by atoms with E-state index in [2.05, 4.69) is 27.6 Å². The van der Waals surface area contributed by atoms with E-state index in [-0.39, 0.29) is 11.5 Å². The first-order valence-electron chi connectivity index (χ1n) is 6.98. The molecule has 7 heteroatoms. The van der Waals surface area contributed by atoms with Gasteiger partial charge in [-0.1, -0.05) is 19.4 Å². The molecule has 1 aromatic rings. The third-order valence-corrected chi connectivity index (χ3v) is 5.31. The quantitative estimate of drug-likeness (QED) is 0.612. The molecule has 0 bridgehead atoms. The van der Waals surface area contributed by atoms with Crippen molar-refractivity contribution in [2.45, 2.75) is 37.7 Å². The molecule has 0 fully saturated rings. The number of aliphatic hydroxyl groups excluding tert-OH is 1. The van der Waals surface area contributed by atoms with Crippen LogP contribution in [0.25, 0.3) is 0 Å². The van der Waals surface area contributed by atoms with Crippen LogP contribution in [0.2, 0.25) is 0 Å². The van der Waals surface area contributed by atoms with Crippen molar-refractivity contribution in [3.05, 3.63) is 28.2 Å². The van der Waals surface area contributed by atoms with Gasteiger partial charge in [-0.3, -0.25) is 0 Å². The number of halogens is 1. The fourth-order valence-corrected chi connectivity index (χ4v) is 3.86. The summed E-state index contributed by atoms with van der Waals surface area (Å²) in [6, 6.07) is 4.67. The van der Waals surface area contributed by atoms with E-state index in [1.807, 2.05) is 0 Å². The van der Waals surface area contributed by atoms with Crippen LogP contribution in [0.1, 0.15) is 31.7 Å². The second-order valence-electron chi connectivity index (χ2n) is 4.64. The number of nitrogens with one attached hydrogen (secondary N) is 1. The van der Waals surface area contributed by atoms with Crippen LogP contribution in [-0.2, 0) is 21.4 Å². The fraction of sp³-hybridized carbons (Fsp3) is 0.571. The van der Waals surface area contributed by atoms with Gasteiger partial charge in [0.05, 0.1) is 11.5 Å². The Morgan fingerprint density at radius 3 is 2.62 bits per heavy atom. The zero-order valence-corrected chi connectivity index (χ0v) is 14.5. The predicted octanol–water partition coefficient (Wildman–Crippen LogP) is 2.43. The van der Waals surface area contributed by atoms with Crippen LogP contribution < -0.4 is 4.72 Å². The van der Waals surface area contributed by atoms with Crippen LogP contribution in [0.4, 0.5) is 0 Å². The van der Waals surface area contributed by atoms with Crippen molar-refractivity contribution >= 4 is 26.0 Å². The number of sulfonamides is 1. The van der Waals surface area contributed by atoms with E-state index >= 15 is 0 Å². The van der Waals surface area contributed by atoms with Crippen molar-refractivity contribution in [2.75, 3.05) is 19.8 Å². The maximum atomic E-state index is 12.1. The van der Waals surface area contributed by atoms with Crippen LogP contribution in [0.15, 0.2) is 27.6 Å². The lowest BCUT2D eigenvalue weighted by Gasteiger charge is -2.09. The van der Waals surface area contributed by atoms with Crippen molar-refractivity contribution in [1.29, 1.82) is 0 Å². The molecular weight excluding hydrogens is 358 g/mol. The number of hydrogen-bond donors (Lipinski definition) is 2. The molecule has 120 valence electrons. The van der Waals surface area contributed by atoms with Crippen molar-refractivity contribution in [1.82, 2.24) is 4.72 Å². The summed E-state index contributed by atoms with van der Waals surface area (Å²) in [7, 11) is -3.55. The van der Waals surface area contributed by atoms with Crippen LogP contribution in [0.5, 0.6) is 0 Å². The normalized spacial score (nSPS) is 11.8. The van der Waals surface area contributed by atoms with Gasteiger partial charge in [0, 0.05) is 24.2 Å². The average Bonchev–Trinajstić information content (AvgIpc) is 2.45. The average molecular weight is 380 g/mol. The van der Waals surface area contributed by atoms with Gasteiger partial charge in [0.15, 0.2) is 0 Å². The van der Waals surface area contributed by atoms with Gasteiger partial charge in [-0.05, 0) is 46.5 Å². The highest BCUT2D eigenvalue weighted by Crippen LogP contribution is 2.23. The summed E-state index contributed by atoms with van der Waals surface area (Å²) in [5, 5.41) is 9.02. The number of ether oxygens (including phenoxy) is 1. The van der Waals surface area contributed by atoms with E-state index in [1.54, 1.807) is 12.1 Å². The fourth-order valence-electron chi connectivity index (χ4n) is 1.67. The van der Waals surface area contributed by atoms with Gasteiger partial charge >= 0.3 is 0 Å². The summed E-state index contributed by atoms with van der Waals surface area (Å²) in [5.74, 6) is 0. The highest BCUT2D eigenvalue weighted by Gasteiger charge is 2.17. The Hall–Kier alpha value is -0.470. The molecule has 1 rings (SSSR count). The van der Waals surface area contributed by atoms with E-state index in [1.165, 1.54) is 6.07 Å². The SMILES string of the molecule is CCCCOCCCNS(=O)(=O)c1ccc(CO)cc1Br. The highest BCUT2D eigenvalue weighted by molar-refractivity contribution is 9.10. The molecule has 0 unspecified atom stereocenters. The first-order chi connectivity index (χ1) is 10.0. The lowest BCUT2D eigenvalue weighted by atomic mass is 10.2. The summed E-state index contributed by atoms with van der Waals surface area (Å²) < 4.78 is 32.7. The smallest absolute Gasteiger partial charge is 0.241 e. The number of aliphatic hydroxyl groups is 1. The number of unbranched alkanes of at least 4 members (excludes halogenated alkanes) is 1. The second-order valence-corrected chi connectivity index (χ2v) is 7.23. The van der Waals surface area contributed by atoms with E-state index in [9.17, 15) is 8.42 Å². The van der Waals surface area contributed by atoms with Crippen molar-refractivity contribution < 1.29 is 18.3 Å². The molecule has 0 aromatic heterocycles. The van der Waals surface area contributed by atoms with Crippen LogP contribution in [-0.4, -0.2) is 33.3 Å². The van der Waals surface area contributed by atoms with Gasteiger partial charge in [0.1, 0.15) is 0 Å². The minimum atomic E-state index is -3.55. The summed E-state index contributed by atoms with van der Waals surface area (Å²) in [5.41, 5.74) is 0.658. The van der Waals surface area contributed by atoms with Gasteiger partial charge in [-0.2, -0.15) is 0 Å². The molecule has 0 saturated carbocycles. The highest BCUT2D eigenvalue weighted by atomic mass is 79.9. The summed E-state index contributed by atoms with van der Waals surface area (Å²) in [6.07, 6.45) is 2.75. The molecule has 2 N–H and O–H groups in total. The van der Waals surface area contributed by atoms with Crippen molar-refractivity contribution in [2.24, 2.45) is 0 Å². The zero-order chi connectivity index (χ0) is 15.7. The Balaban J connectivity index is 2.46. The Morgan fingerprint density at radius 1 is 1.29 bits per heavy atom. The van der Waals surface area contributed by atoms with Crippen LogP contribution in [0.3, 0.4) is 0 Å². The molecule has 0 saturated heterocycles. The molecule has 0 amide bonds. The first kappa shape index (κ1) is 18.6. The van der Waals surface area contributed by atoms with Crippen LogP contribution in [0, 0.1) is 0 Å². The van der Waals surface area contributed by atoms with Crippen molar-refractivity contribution in [3.63, 3.8) is 0 Å². The predicted molar refractivity (Wildman–Crippen MR) is 85.6 cm³/mol. The van der Waals surface area contributed by atoms with E-state index in [0.717, 1.165) is 19.4 Å². The van der Waals surface area contributed by atoms with Crippen molar-refractivity contribution in [3.8, 4) is 0 Å². The molecule has 0 radical (unpaired) electrons. The molecule has 1 aromatic carbocycles. The molecule has 5 nitrogen and oxygen atoms in total. The summed E-state index contributed by atoms with van der Waals surface area (Å²) in [4.78, 5) is 0.173. The third-order valence-electron chi connectivity index (χ3n) is 2.87. The van der Waals surface area contributed by atoms with Gasteiger partial charge in [-0.15, -0.1) is 0 Å². The third kappa shape index (κ3) is 6.44. The van der Waals surface area contributed by atoms with Gasteiger partial charge in [-0.25, -0.2) is 13.1 Å². The molecule has 21 heavy (non-hydrogen) atoms. The largest absolute Gasteiger partial charge is 0.392 e.